The normalized spacial score (nSPS) is 12.4. The standard InChI is InChI=1S/C14H18FN3O/c1-10(16)13-9-12(15)3-4-14(13)19-8-7-18-6-5-17-11(18)2/h3-6,9-10H,7-8,16H2,1-2H3/t10-/m1/s1. The third-order valence-corrected chi connectivity index (χ3v) is 2.98. The largest absolute Gasteiger partial charge is 0.491 e. The van der Waals surface area contributed by atoms with Crippen LogP contribution in [0.4, 0.5) is 4.39 Å². The van der Waals surface area contributed by atoms with Crippen LogP contribution in [0.2, 0.25) is 0 Å². The Kier molecular flexibility index (Phi) is 4.16. The van der Waals surface area contributed by atoms with Crippen molar-refractivity contribution in [2.24, 2.45) is 5.73 Å². The molecule has 0 fully saturated rings. The third-order valence-electron chi connectivity index (χ3n) is 2.98. The lowest BCUT2D eigenvalue weighted by Gasteiger charge is -2.14. The first-order valence-electron chi connectivity index (χ1n) is 6.23. The van der Waals surface area contributed by atoms with Gasteiger partial charge in [0.1, 0.15) is 24.0 Å². The number of imidazole rings is 1. The zero-order chi connectivity index (χ0) is 13.8. The Bertz CT molecular complexity index is 551. The molecule has 0 aliphatic heterocycles. The number of nitrogens with zero attached hydrogens (tertiary/aromatic N) is 2. The highest BCUT2D eigenvalue weighted by molar-refractivity contribution is 5.36. The number of halogens is 1. The Balaban J connectivity index is 2.01. The van der Waals surface area contributed by atoms with Crippen LogP contribution in [0.3, 0.4) is 0 Å². The molecule has 2 N–H and O–H groups in total. The van der Waals surface area contributed by atoms with Crippen molar-refractivity contribution in [3.05, 3.63) is 47.8 Å². The summed E-state index contributed by atoms with van der Waals surface area (Å²) < 4.78 is 20.9. The molecule has 0 saturated heterocycles. The van der Waals surface area contributed by atoms with Gasteiger partial charge in [-0.25, -0.2) is 9.37 Å². The fraction of sp³-hybridized carbons (Fsp3) is 0.357. The molecule has 2 aromatic rings. The lowest BCUT2D eigenvalue weighted by atomic mass is 10.1. The molecular weight excluding hydrogens is 245 g/mol. The summed E-state index contributed by atoms with van der Waals surface area (Å²) in [5, 5.41) is 0. The summed E-state index contributed by atoms with van der Waals surface area (Å²) in [6.07, 6.45) is 3.65. The van der Waals surface area contributed by atoms with Gasteiger partial charge in [0.2, 0.25) is 0 Å². The molecule has 0 radical (unpaired) electrons. The van der Waals surface area contributed by atoms with Gasteiger partial charge in [-0.05, 0) is 32.0 Å². The van der Waals surface area contributed by atoms with Crippen molar-refractivity contribution >= 4 is 0 Å². The van der Waals surface area contributed by atoms with Gasteiger partial charge in [0, 0.05) is 24.0 Å². The summed E-state index contributed by atoms with van der Waals surface area (Å²) in [5.41, 5.74) is 6.49. The van der Waals surface area contributed by atoms with Crippen molar-refractivity contribution < 1.29 is 9.13 Å². The van der Waals surface area contributed by atoms with Crippen LogP contribution >= 0.6 is 0 Å². The van der Waals surface area contributed by atoms with E-state index in [-0.39, 0.29) is 11.9 Å². The van der Waals surface area contributed by atoms with Crippen LogP contribution in [0.15, 0.2) is 30.6 Å². The summed E-state index contributed by atoms with van der Waals surface area (Å²) >= 11 is 0. The molecule has 0 unspecified atom stereocenters. The minimum absolute atomic E-state index is 0.263. The summed E-state index contributed by atoms with van der Waals surface area (Å²) in [7, 11) is 0. The zero-order valence-corrected chi connectivity index (χ0v) is 11.1. The topological polar surface area (TPSA) is 53.1 Å². The second-order valence-electron chi connectivity index (χ2n) is 4.49. The molecule has 0 aliphatic rings. The van der Waals surface area contributed by atoms with Gasteiger partial charge in [-0.15, -0.1) is 0 Å². The van der Waals surface area contributed by atoms with E-state index in [9.17, 15) is 4.39 Å². The van der Waals surface area contributed by atoms with Crippen molar-refractivity contribution in [3.8, 4) is 5.75 Å². The van der Waals surface area contributed by atoms with Crippen LogP contribution in [0.25, 0.3) is 0 Å². The van der Waals surface area contributed by atoms with Gasteiger partial charge < -0.3 is 15.0 Å². The van der Waals surface area contributed by atoms with Crippen LogP contribution in [0, 0.1) is 12.7 Å². The Morgan fingerprint density at radius 3 is 2.89 bits per heavy atom. The van der Waals surface area contributed by atoms with Crippen molar-refractivity contribution in [1.82, 2.24) is 9.55 Å². The van der Waals surface area contributed by atoms with Crippen LogP contribution in [0.1, 0.15) is 24.4 Å². The number of ether oxygens (including phenoxy) is 1. The lowest BCUT2D eigenvalue weighted by molar-refractivity contribution is 0.292. The molecule has 1 aromatic heterocycles. The SMILES string of the molecule is Cc1nccn1CCOc1ccc(F)cc1[C@@H](C)N. The highest BCUT2D eigenvalue weighted by atomic mass is 19.1. The van der Waals surface area contributed by atoms with Gasteiger partial charge >= 0.3 is 0 Å². The third kappa shape index (κ3) is 3.32. The molecule has 0 saturated carbocycles. The smallest absolute Gasteiger partial charge is 0.124 e. The minimum Gasteiger partial charge on any atom is -0.491 e. The van der Waals surface area contributed by atoms with Crippen LogP contribution in [-0.2, 0) is 6.54 Å². The molecule has 1 aromatic carbocycles. The first kappa shape index (κ1) is 13.5. The average molecular weight is 263 g/mol. The second-order valence-corrected chi connectivity index (χ2v) is 4.49. The number of hydrogen-bond donors (Lipinski definition) is 1. The zero-order valence-electron chi connectivity index (χ0n) is 11.1. The van der Waals surface area contributed by atoms with E-state index in [1.54, 1.807) is 12.3 Å². The van der Waals surface area contributed by atoms with Gasteiger partial charge in [-0.2, -0.15) is 0 Å². The van der Waals surface area contributed by atoms with E-state index in [1.165, 1.54) is 12.1 Å². The highest BCUT2D eigenvalue weighted by Crippen LogP contribution is 2.24. The summed E-state index contributed by atoms with van der Waals surface area (Å²) in [6.45, 7) is 4.93. The summed E-state index contributed by atoms with van der Waals surface area (Å²) in [5.74, 6) is 1.27. The Labute approximate surface area is 112 Å². The average Bonchev–Trinajstić information content (AvgIpc) is 2.77. The molecular formula is C14H18FN3O. The molecule has 0 aliphatic carbocycles. The van der Waals surface area contributed by atoms with Crippen LogP contribution in [-0.4, -0.2) is 16.2 Å². The fourth-order valence-electron chi connectivity index (χ4n) is 1.90. The maximum atomic E-state index is 13.2. The molecule has 102 valence electrons. The van der Waals surface area contributed by atoms with Gasteiger partial charge in [0.25, 0.3) is 0 Å². The van der Waals surface area contributed by atoms with Gasteiger partial charge in [-0.1, -0.05) is 0 Å². The minimum atomic E-state index is -0.301. The summed E-state index contributed by atoms with van der Waals surface area (Å²) in [6, 6.07) is 4.15. The van der Waals surface area contributed by atoms with Crippen molar-refractivity contribution in [2.45, 2.75) is 26.4 Å². The van der Waals surface area contributed by atoms with E-state index in [4.69, 9.17) is 10.5 Å². The first-order chi connectivity index (χ1) is 9.08. The molecule has 1 atom stereocenters. The highest BCUT2D eigenvalue weighted by Gasteiger charge is 2.09. The van der Waals surface area contributed by atoms with E-state index in [0.717, 1.165) is 5.82 Å². The number of benzene rings is 1. The molecule has 4 nitrogen and oxygen atoms in total. The van der Waals surface area contributed by atoms with Crippen molar-refractivity contribution in [2.75, 3.05) is 6.61 Å². The second kappa shape index (κ2) is 5.84. The van der Waals surface area contributed by atoms with Crippen molar-refractivity contribution in [1.29, 1.82) is 0 Å². The number of rotatable bonds is 5. The number of hydrogen-bond acceptors (Lipinski definition) is 3. The number of aromatic nitrogens is 2. The molecule has 0 spiro atoms. The molecule has 1 heterocycles. The van der Waals surface area contributed by atoms with Gasteiger partial charge in [0.15, 0.2) is 0 Å². The Morgan fingerprint density at radius 1 is 1.47 bits per heavy atom. The molecule has 0 bridgehead atoms. The van der Waals surface area contributed by atoms with E-state index in [1.807, 2.05) is 24.6 Å². The number of nitrogens with two attached hydrogens (primary N) is 1. The first-order valence-corrected chi connectivity index (χ1v) is 6.23. The predicted octanol–water partition coefficient (Wildman–Crippen LogP) is 2.43. The van der Waals surface area contributed by atoms with E-state index < -0.39 is 0 Å². The van der Waals surface area contributed by atoms with Crippen molar-refractivity contribution in [3.63, 3.8) is 0 Å². The molecule has 2 rings (SSSR count). The molecule has 0 amide bonds. The van der Waals surface area contributed by atoms with Crippen LogP contribution < -0.4 is 10.5 Å². The Morgan fingerprint density at radius 2 is 2.26 bits per heavy atom. The lowest BCUT2D eigenvalue weighted by Crippen LogP contribution is -2.12. The molecule has 5 heteroatoms. The Hall–Kier alpha value is -1.88. The van der Waals surface area contributed by atoms with Gasteiger partial charge in [0.05, 0.1) is 6.54 Å². The monoisotopic (exact) mass is 263 g/mol. The van der Waals surface area contributed by atoms with Gasteiger partial charge in [-0.3, -0.25) is 0 Å². The fourth-order valence-corrected chi connectivity index (χ4v) is 1.90. The quantitative estimate of drug-likeness (QED) is 0.901. The van der Waals surface area contributed by atoms with E-state index in [2.05, 4.69) is 4.98 Å². The van der Waals surface area contributed by atoms with E-state index in [0.29, 0.717) is 24.5 Å². The van der Waals surface area contributed by atoms with E-state index >= 15 is 0 Å². The maximum absolute atomic E-state index is 13.2. The predicted molar refractivity (Wildman–Crippen MR) is 71.5 cm³/mol. The molecule has 19 heavy (non-hydrogen) atoms. The van der Waals surface area contributed by atoms with Crippen LogP contribution in [0.5, 0.6) is 5.75 Å². The summed E-state index contributed by atoms with van der Waals surface area (Å²) in [4.78, 5) is 4.14. The number of aryl methyl sites for hydroxylation is 1. The maximum Gasteiger partial charge on any atom is 0.124 e.